The second-order valence-corrected chi connectivity index (χ2v) is 8.86. The van der Waals surface area contributed by atoms with Crippen LogP contribution in [0.2, 0.25) is 5.02 Å². The Kier molecular flexibility index (Phi) is 6.00. The van der Waals surface area contributed by atoms with Gasteiger partial charge < -0.3 is 4.42 Å². The third-order valence-corrected chi connectivity index (χ3v) is 6.09. The van der Waals surface area contributed by atoms with Crippen molar-refractivity contribution < 1.29 is 14.0 Å². The van der Waals surface area contributed by atoms with Crippen LogP contribution in [0.4, 0.5) is 5.69 Å². The summed E-state index contributed by atoms with van der Waals surface area (Å²) in [5, 5.41) is 3.93. The molecule has 8 heteroatoms. The standard InChI is InChI=1S/C23H17ClN2O3S2/c1-13-3-4-14(2)19(11-13)26-22(28)18(21(27)25-23(26)30)12-16-7-10-20(29-16)31-17-8-5-15(24)6-9-17/h3-12H,1-2H3,(H,25,27,30)/b18-12+. The molecule has 2 aromatic carbocycles. The van der Waals surface area contributed by atoms with Gasteiger partial charge in [0.1, 0.15) is 11.3 Å². The highest BCUT2D eigenvalue weighted by atomic mass is 35.5. The second kappa shape index (κ2) is 8.70. The van der Waals surface area contributed by atoms with Gasteiger partial charge in [0.2, 0.25) is 0 Å². The Balaban J connectivity index is 1.62. The highest BCUT2D eigenvalue weighted by Gasteiger charge is 2.35. The number of amides is 2. The minimum Gasteiger partial charge on any atom is -0.450 e. The van der Waals surface area contributed by atoms with E-state index in [1.807, 2.05) is 44.2 Å². The molecule has 0 bridgehead atoms. The molecule has 0 saturated carbocycles. The number of aryl methyl sites for hydroxylation is 2. The van der Waals surface area contributed by atoms with Crippen LogP contribution in [0.25, 0.3) is 6.08 Å². The van der Waals surface area contributed by atoms with Gasteiger partial charge in [0, 0.05) is 9.92 Å². The number of hydrogen-bond acceptors (Lipinski definition) is 5. The van der Waals surface area contributed by atoms with Crippen molar-refractivity contribution in [3.63, 3.8) is 0 Å². The Hall–Kier alpha value is -2.87. The molecule has 5 nitrogen and oxygen atoms in total. The highest BCUT2D eigenvalue weighted by Crippen LogP contribution is 2.31. The maximum atomic E-state index is 13.2. The molecule has 0 radical (unpaired) electrons. The number of nitrogens with zero attached hydrogens (tertiary/aromatic N) is 1. The van der Waals surface area contributed by atoms with Crippen LogP contribution in [-0.2, 0) is 9.59 Å². The van der Waals surface area contributed by atoms with Gasteiger partial charge >= 0.3 is 0 Å². The van der Waals surface area contributed by atoms with Crippen molar-refractivity contribution in [1.29, 1.82) is 0 Å². The summed E-state index contributed by atoms with van der Waals surface area (Å²) in [6.07, 6.45) is 1.43. The third-order valence-electron chi connectivity index (χ3n) is 4.63. The Morgan fingerprint density at radius 1 is 1.06 bits per heavy atom. The molecule has 1 aliphatic rings. The highest BCUT2D eigenvalue weighted by molar-refractivity contribution is 7.99. The molecule has 0 spiro atoms. The van der Waals surface area contributed by atoms with E-state index in [1.54, 1.807) is 24.3 Å². The number of rotatable bonds is 4. The lowest BCUT2D eigenvalue weighted by Crippen LogP contribution is -2.54. The minimum atomic E-state index is -0.556. The molecule has 1 aliphatic heterocycles. The first kappa shape index (κ1) is 21.4. The van der Waals surface area contributed by atoms with E-state index in [1.165, 1.54) is 22.7 Å². The molecular weight excluding hydrogens is 452 g/mol. The molecule has 0 atom stereocenters. The number of benzene rings is 2. The summed E-state index contributed by atoms with van der Waals surface area (Å²) in [5.41, 5.74) is 2.44. The van der Waals surface area contributed by atoms with E-state index >= 15 is 0 Å². The molecule has 0 unspecified atom stereocenters. The van der Waals surface area contributed by atoms with E-state index in [0.29, 0.717) is 21.6 Å². The predicted octanol–water partition coefficient (Wildman–Crippen LogP) is 5.53. The van der Waals surface area contributed by atoms with Crippen LogP contribution in [0, 0.1) is 13.8 Å². The van der Waals surface area contributed by atoms with Gasteiger partial charge in [-0.05, 0) is 85.7 Å². The molecule has 0 aliphatic carbocycles. The maximum absolute atomic E-state index is 13.2. The van der Waals surface area contributed by atoms with Crippen molar-refractivity contribution in [2.24, 2.45) is 0 Å². The number of carbonyl (C=O) groups excluding carboxylic acids is 2. The number of furan rings is 1. The van der Waals surface area contributed by atoms with E-state index in [2.05, 4.69) is 5.32 Å². The summed E-state index contributed by atoms with van der Waals surface area (Å²) in [7, 11) is 0. The monoisotopic (exact) mass is 468 g/mol. The van der Waals surface area contributed by atoms with Crippen LogP contribution in [-0.4, -0.2) is 16.9 Å². The summed E-state index contributed by atoms with van der Waals surface area (Å²) in [5.74, 6) is -0.658. The summed E-state index contributed by atoms with van der Waals surface area (Å²) >= 11 is 12.6. The fourth-order valence-electron chi connectivity index (χ4n) is 3.06. The Labute approximate surface area is 194 Å². The maximum Gasteiger partial charge on any atom is 0.270 e. The summed E-state index contributed by atoms with van der Waals surface area (Å²) in [4.78, 5) is 28.0. The predicted molar refractivity (Wildman–Crippen MR) is 126 cm³/mol. The van der Waals surface area contributed by atoms with Gasteiger partial charge in [0.25, 0.3) is 11.8 Å². The van der Waals surface area contributed by atoms with Gasteiger partial charge in [0.15, 0.2) is 10.2 Å². The van der Waals surface area contributed by atoms with Crippen molar-refractivity contribution in [3.05, 3.63) is 82.1 Å². The lowest BCUT2D eigenvalue weighted by atomic mass is 10.1. The van der Waals surface area contributed by atoms with Crippen LogP contribution < -0.4 is 10.2 Å². The first-order valence-electron chi connectivity index (χ1n) is 9.34. The topological polar surface area (TPSA) is 62.6 Å². The largest absolute Gasteiger partial charge is 0.450 e. The van der Waals surface area contributed by atoms with Crippen molar-refractivity contribution in [3.8, 4) is 0 Å². The number of carbonyl (C=O) groups is 2. The zero-order chi connectivity index (χ0) is 22.1. The Morgan fingerprint density at radius 3 is 2.55 bits per heavy atom. The van der Waals surface area contributed by atoms with E-state index in [4.69, 9.17) is 28.2 Å². The SMILES string of the molecule is Cc1ccc(C)c(N2C(=O)/C(=C/c3ccc(Sc4ccc(Cl)cc4)o3)C(=O)NC2=S)c1. The van der Waals surface area contributed by atoms with E-state index in [-0.39, 0.29) is 10.7 Å². The van der Waals surface area contributed by atoms with Gasteiger partial charge in [-0.15, -0.1) is 0 Å². The molecule has 2 heterocycles. The molecule has 4 rings (SSSR count). The molecule has 1 N–H and O–H groups in total. The van der Waals surface area contributed by atoms with Crippen molar-refractivity contribution >= 4 is 64.3 Å². The van der Waals surface area contributed by atoms with Gasteiger partial charge in [-0.2, -0.15) is 0 Å². The van der Waals surface area contributed by atoms with Crippen molar-refractivity contribution in [1.82, 2.24) is 5.32 Å². The lowest BCUT2D eigenvalue weighted by Gasteiger charge is -2.30. The van der Waals surface area contributed by atoms with Gasteiger partial charge in [-0.1, -0.05) is 35.5 Å². The van der Waals surface area contributed by atoms with Crippen molar-refractivity contribution in [2.75, 3.05) is 4.90 Å². The molecular formula is C23H17ClN2O3S2. The fourth-order valence-corrected chi connectivity index (χ4v) is 4.24. The van der Waals surface area contributed by atoms with E-state index in [0.717, 1.165) is 16.0 Å². The zero-order valence-corrected chi connectivity index (χ0v) is 19.0. The minimum absolute atomic E-state index is 0.0492. The number of halogens is 1. The third kappa shape index (κ3) is 4.58. The number of thiocarbonyl (C=S) groups is 1. The summed E-state index contributed by atoms with van der Waals surface area (Å²) < 4.78 is 5.80. The smallest absolute Gasteiger partial charge is 0.270 e. The molecule has 31 heavy (non-hydrogen) atoms. The first-order valence-corrected chi connectivity index (χ1v) is 10.9. The lowest BCUT2D eigenvalue weighted by molar-refractivity contribution is -0.122. The first-order chi connectivity index (χ1) is 14.8. The van der Waals surface area contributed by atoms with Crippen LogP contribution in [0.1, 0.15) is 16.9 Å². The van der Waals surface area contributed by atoms with Crippen molar-refractivity contribution in [2.45, 2.75) is 23.8 Å². The number of nitrogens with one attached hydrogen (secondary N) is 1. The Morgan fingerprint density at radius 2 is 1.81 bits per heavy atom. The second-order valence-electron chi connectivity index (χ2n) is 6.96. The van der Waals surface area contributed by atoms with Crippen LogP contribution in [0.15, 0.2) is 74.6 Å². The molecule has 1 aromatic heterocycles. The molecule has 1 saturated heterocycles. The fraction of sp³-hybridized carbons (Fsp3) is 0.0870. The van der Waals surface area contributed by atoms with E-state index < -0.39 is 11.8 Å². The summed E-state index contributed by atoms with van der Waals surface area (Å²) in [6, 6.07) is 16.6. The van der Waals surface area contributed by atoms with Crippen LogP contribution >= 0.6 is 35.6 Å². The molecule has 1 fully saturated rings. The quantitative estimate of drug-likeness (QED) is 0.310. The van der Waals surface area contributed by atoms with Crippen LogP contribution in [0.5, 0.6) is 0 Å². The molecule has 156 valence electrons. The molecule has 2 amide bonds. The van der Waals surface area contributed by atoms with Gasteiger partial charge in [0.05, 0.1) is 5.69 Å². The number of hydrogen-bond donors (Lipinski definition) is 1. The van der Waals surface area contributed by atoms with E-state index in [9.17, 15) is 9.59 Å². The van der Waals surface area contributed by atoms with Gasteiger partial charge in [-0.3, -0.25) is 19.8 Å². The summed E-state index contributed by atoms with van der Waals surface area (Å²) in [6.45, 7) is 3.82. The van der Waals surface area contributed by atoms with Gasteiger partial charge in [-0.25, -0.2) is 0 Å². The number of anilines is 1. The average molecular weight is 469 g/mol. The van der Waals surface area contributed by atoms with Crippen LogP contribution in [0.3, 0.4) is 0 Å². The normalized spacial score (nSPS) is 15.5. The zero-order valence-electron chi connectivity index (χ0n) is 16.6. The molecule has 3 aromatic rings. The average Bonchev–Trinajstić information content (AvgIpc) is 3.16. The Bertz CT molecular complexity index is 1230.